The second-order valence-corrected chi connectivity index (χ2v) is 7.43. The van der Waals surface area contributed by atoms with Gasteiger partial charge in [-0.2, -0.15) is 0 Å². The van der Waals surface area contributed by atoms with Crippen LogP contribution in [0.2, 0.25) is 0 Å². The summed E-state index contributed by atoms with van der Waals surface area (Å²) in [5.41, 5.74) is 0.869. The van der Waals surface area contributed by atoms with Crippen molar-refractivity contribution in [3.05, 3.63) is 15.6 Å². The Morgan fingerprint density at radius 1 is 1.27 bits per heavy atom. The molecule has 0 saturated heterocycles. The first-order chi connectivity index (χ1) is 10.2. The van der Waals surface area contributed by atoms with E-state index in [2.05, 4.69) is 25.9 Å². The van der Waals surface area contributed by atoms with Gasteiger partial charge in [0.25, 0.3) is 0 Å². The number of nitrogens with one attached hydrogen (secondary N) is 3. The number of hydrogen-bond acceptors (Lipinski definition) is 4. The number of carbonyl (C=O) groups excluding carboxylic acids is 1. The summed E-state index contributed by atoms with van der Waals surface area (Å²) < 4.78 is 0. The average Bonchev–Trinajstić information content (AvgIpc) is 2.70. The highest BCUT2D eigenvalue weighted by molar-refractivity contribution is 7.11. The van der Waals surface area contributed by atoms with E-state index in [0.29, 0.717) is 5.96 Å². The van der Waals surface area contributed by atoms with Crippen LogP contribution in [0.3, 0.4) is 0 Å². The van der Waals surface area contributed by atoms with Crippen molar-refractivity contribution in [2.45, 2.75) is 46.6 Å². The van der Waals surface area contributed by atoms with E-state index < -0.39 is 0 Å². The summed E-state index contributed by atoms with van der Waals surface area (Å²) in [4.78, 5) is 21.6. The molecule has 3 N–H and O–H groups in total. The molecule has 0 atom stereocenters. The molecule has 1 amide bonds. The fraction of sp³-hybridized carbons (Fsp3) is 0.667. The lowest BCUT2D eigenvalue weighted by Crippen LogP contribution is -2.48. The maximum atomic E-state index is 11.8. The summed E-state index contributed by atoms with van der Waals surface area (Å²) in [6.07, 6.45) is 0.895. The van der Waals surface area contributed by atoms with Crippen molar-refractivity contribution in [2.24, 2.45) is 4.99 Å². The SMILES string of the molecule is CN=C(NCCc1sc(C)nc1C)NCC(=O)NC(C)(C)C. The molecule has 1 aromatic heterocycles. The van der Waals surface area contributed by atoms with Gasteiger partial charge in [-0.25, -0.2) is 4.98 Å². The highest BCUT2D eigenvalue weighted by Gasteiger charge is 2.13. The summed E-state index contributed by atoms with van der Waals surface area (Å²) in [7, 11) is 1.69. The molecule has 0 aliphatic carbocycles. The molecule has 0 radical (unpaired) electrons. The third-order valence-corrected chi connectivity index (χ3v) is 3.93. The van der Waals surface area contributed by atoms with Crippen molar-refractivity contribution in [3.8, 4) is 0 Å². The zero-order valence-corrected chi connectivity index (χ0v) is 15.1. The van der Waals surface area contributed by atoms with Crippen LogP contribution in [0, 0.1) is 13.8 Å². The van der Waals surface area contributed by atoms with Crippen LogP contribution in [-0.4, -0.2) is 42.5 Å². The molecule has 0 aliphatic heterocycles. The number of aryl methyl sites for hydroxylation is 2. The molecule has 1 aromatic rings. The van der Waals surface area contributed by atoms with Gasteiger partial charge in [-0.05, 0) is 34.6 Å². The molecule has 1 heterocycles. The topological polar surface area (TPSA) is 78.4 Å². The molecule has 0 saturated carbocycles. The van der Waals surface area contributed by atoms with Gasteiger partial charge >= 0.3 is 0 Å². The molecule has 0 aromatic carbocycles. The molecular formula is C15H27N5OS. The van der Waals surface area contributed by atoms with Gasteiger partial charge < -0.3 is 16.0 Å². The smallest absolute Gasteiger partial charge is 0.239 e. The normalized spacial score (nSPS) is 12.2. The molecule has 6 nitrogen and oxygen atoms in total. The largest absolute Gasteiger partial charge is 0.356 e. The van der Waals surface area contributed by atoms with Crippen LogP contribution in [-0.2, 0) is 11.2 Å². The lowest BCUT2D eigenvalue weighted by molar-refractivity contribution is -0.121. The van der Waals surface area contributed by atoms with Crippen LogP contribution < -0.4 is 16.0 Å². The minimum atomic E-state index is -0.225. The monoisotopic (exact) mass is 325 g/mol. The summed E-state index contributed by atoms with van der Waals surface area (Å²) in [5, 5.41) is 10.2. The minimum absolute atomic E-state index is 0.0515. The Hall–Kier alpha value is -1.63. The Morgan fingerprint density at radius 3 is 2.45 bits per heavy atom. The van der Waals surface area contributed by atoms with E-state index in [9.17, 15) is 4.79 Å². The van der Waals surface area contributed by atoms with Crippen LogP contribution in [0.15, 0.2) is 4.99 Å². The average molecular weight is 325 g/mol. The summed E-state index contributed by atoms with van der Waals surface area (Å²) >= 11 is 1.72. The number of guanidine groups is 1. The lowest BCUT2D eigenvalue weighted by atomic mass is 10.1. The van der Waals surface area contributed by atoms with E-state index in [1.807, 2.05) is 34.6 Å². The van der Waals surface area contributed by atoms with E-state index in [1.54, 1.807) is 18.4 Å². The third-order valence-electron chi connectivity index (χ3n) is 2.80. The van der Waals surface area contributed by atoms with E-state index in [1.165, 1.54) is 4.88 Å². The number of amides is 1. The van der Waals surface area contributed by atoms with Crippen LogP contribution in [0.4, 0.5) is 0 Å². The first-order valence-electron chi connectivity index (χ1n) is 7.39. The molecule has 0 spiro atoms. The van der Waals surface area contributed by atoms with E-state index >= 15 is 0 Å². The second-order valence-electron chi connectivity index (χ2n) is 6.14. The number of rotatable bonds is 5. The summed E-state index contributed by atoms with van der Waals surface area (Å²) in [6, 6.07) is 0. The van der Waals surface area contributed by atoms with Gasteiger partial charge in [0.2, 0.25) is 5.91 Å². The Balaban J connectivity index is 2.34. The van der Waals surface area contributed by atoms with Crippen LogP contribution >= 0.6 is 11.3 Å². The molecule has 124 valence electrons. The van der Waals surface area contributed by atoms with Crippen LogP contribution in [0.25, 0.3) is 0 Å². The van der Waals surface area contributed by atoms with Crippen molar-refractivity contribution in [3.63, 3.8) is 0 Å². The lowest BCUT2D eigenvalue weighted by Gasteiger charge is -2.21. The minimum Gasteiger partial charge on any atom is -0.356 e. The number of carbonyl (C=O) groups is 1. The first-order valence-corrected chi connectivity index (χ1v) is 8.21. The number of aliphatic imine (C=N–C) groups is 1. The summed E-state index contributed by atoms with van der Waals surface area (Å²) in [5.74, 6) is 0.576. The van der Waals surface area contributed by atoms with Gasteiger partial charge in [0, 0.05) is 30.4 Å². The molecule has 0 bridgehead atoms. The zero-order chi connectivity index (χ0) is 16.8. The number of nitrogens with zero attached hydrogens (tertiary/aromatic N) is 2. The predicted octanol–water partition coefficient (Wildman–Crippen LogP) is 1.38. The first kappa shape index (κ1) is 18.4. The second kappa shape index (κ2) is 8.12. The van der Waals surface area contributed by atoms with Gasteiger partial charge in [0.05, 0.1) is 17.2 Å². The molecule has 1 rings (SSSR count). The van der Waals surface area contributed by atoms with E-state index in [-0.39, 0.29) is 18.0 Å². The van der Waals surface area contributed by atoms with Gasteiger partial charge in [-0.3, -0.25) is 9.79 Å². The van der Waals surface area contributed by atoms with E-state index in [0.717, 1.165) is 23.7 Å². The fourth-order valence-corrected chi connectivity index (χ4v) is 2.88. The zero-order valence-electron chi connectivity index (χ0n) is 14.3. The number of aromatic nitrogens is 1. The van der Waals surface area contributed by atoms with Gasteiger partial charge in [0.15, 0.2) is 5.96 Å². The Labute approximate surface area is 136 Å². The Bertz CT molecular complexity index is 531. The van der Waals surface area contributed by atoms with Crippen LogP contribution in [0.5, 0.6) is 0 Å². The molecule has 0 unspecified atom stereocenters. The molecular weight excluding hydrogens is 298 g/mol. The fourth-order valence-electron chi connectivity index (χ4n) is 1.95. The highest BCUT2D eigenvalue weighted by atomic mass is 32.1. The Kier molecular flexibility index (Phi) is 6.80. The number of hydrogen-bond donors (Lipinski definition) is 3. The van der Waals surface area contributed by atoms with Crippen molar-refractivity contribution in [2.75, 3.05) is 20.1 Å². The molecule has 0 fully saturated rings. The Morgan fingerprint density at radius 2 is 1.95 bits per heavy atom. The quantitative estimate of drug-likeness (QED) is 0.564. The predicted molar refractivity (Wildman–Crippen MR) is 92.6 cm³/mol. The maximum absolute atomic E-state index is 11.8. The van der Waals surface area contributed by atoms with Crippen molar-refractivity contribution in [1.29, 1.82) is 0 Å². The van der Waals surface area contributed by atoms with Gasteiger partial charge in [0.1, 0.15) is 0 Å². The molecule has 0 aliphatic rings. The van der Waals surface area contributed by atoms with Crippen molar-refractivity contribution >= 4 is 23.2 Å². The highest BCUT2D eigenvalue weighted by Crippen LogP contribution is 2.16. The maximum Gasteiger partial charge on any atom is 0.239 e. The number of thiazole rings is 1. The van der Waals surface area contributed by atoms with Crippen LogP contribution in [0.1, 0.15) is 36.3 Å². The van der Waals surface area contributed by atoms with Gasteiger partial charge in [-0.1, -0.05) is 0 Å². The standard InChI is InChI=1S/C15H27N5OS/c1-10-12(22-11(2)19-10)7-8-17-14(16-6)18-9-13(21)20-15(3,4)5/h7-9H2,1-6H3,(H,20,21)(H2,16,17,18). The van der Waals surface area contributed by atoms with Crippen molar-refractivity contribution < 1.29 is 4.79 Å². The molecule has 7 heteroatoms. The third kappa shape index (κ3) is 6.89. The van der Waals surface area contributed by atoms with Crippen molar-refractivity contribution in [1.82, 2.24) is 20.9 Å². The molecule has 22 heavy (non-hydrogen) atoms. The van der Waals surface area contributed by atoms with Gasteiger partial charge in [-0.15, -0.1) is 11.3 Å². The van der Waals surface area contributed by atoms with E-state index in [4.69, 9.17) is 0 Å². The summed E-state index contributed by atoms with van der Waals surface area (Å²) in [6.45, 7) is 10.9.